The van der Waals surface area contributed by atoms with Crippen LogP contribution in [0.25, 0.3) is 0 Å². The highest BCUT2D eigenvalue weighted by molar-refractivity contribution is 5.73. The summed E-state index contributed by atoms with van der Waals surface area (Å²) in [5.74, 6) is 0.499. The molecule has 6 heteroatoms. The van der Waals surface area contributed by atoms with Gasteiger partial charge in [-0.05, 0) is 30.3 Å². The number of rotatable bonds is 9. The predicted molar refractivity (Wildman–Crippen MR) is 99.0 cm³/mol. The Morgan fingerprint density at radius 2 is 1.67 bits per heavy atom. The van der Waals surface area contributed by atoms with Gasteiger partial charge in [-0.15, -0.1) is 0 Å². The molecule has 0 saturated heterocycles. The first-order valence-corrected chi connectivity index (χ1v) is 8.40. The molecule has 6 nitrogen and oxygen atoms in total. The molecule has 2 aromatic carbocycles. The molecule has 0 aliphatic carbocycles. The van der Waals surface area contributed by atoms with E-state index in [9.17, 15) is 9.90 Å². The van der Waals surface area contributed by atoms with Crippen LogP contribution in [0.4, 0.5) is 0 Å². The molecule has 3 aromatic rings. The van der Waals surface area contributed by atoms with Gasteiger partial charge in [-0.2, -0.15) is 0 Å². The van der Waals surface area contributed by atoms with Crippen LogP contribution < -0.4 is 14.2 Å². The highest BCUT2D eigenvalue weighted by Crippen LogP contribution is 2.21. The van der Waals surface area contributed by atoms with Gasteiger partial charge in [0.1, 0.15) is 30.5 Å². The largest absolute Gasteiger partial charge is 0.489 e. The molecule has 0 bridgehead atoms. The molecule has 3 rings (SSSR count). The monoisotopic (exact) mass is 365 g/mol. The van der Waals surface area contributed by atoms with Gasteiger partial charge in [-0.1, -0.05) is 30.3 Å². The lowest BCUT2D eigenvalue weighted by atomic mass is 10.3. The van der Waals surface area contributed by atoms with E-state index < -0.39 is 12.1 Å². The van der Waals surface area contributed by atoms with E-state index in [-0.39, 0.29) is 6.61 Å². The lowest BCUT2D eigenvalue weighted by molar-refractivity contribution is -0.146. The van der Waals surface area contributed by atoms with E-state index in [4.69, 9.17) is 14.2 Å². The van der Waals surface area contributed by atoms with Gasteiger partial charge < -0.3 is 19.3 Å². The van der Waals surface area contributed by atoms with Gasteiger partial charge in [0.15, 0.2) is 0 Å². The predicted octanol–water partition coefficient (Wildman–Crippen LogP) is 3.57. The maximum atomic E-state index is 11.4. The zero-order chi connectivity index (χ0) is 18.9. The molecule has 0 amide bonds. The normalized spacial score (nSPS) is 11.4. The molecule has 0 aliphatic rings. The summed E-state index contributed by atoms with van der Waals surface area (Å²) in [7, 11) is 0. The second kappa shape index (κ2) is 9.24. The van der Waals surface area contributed by atoms with Crippen LogP contribution in [0.2, 0.25) is 0 Å². The molecule has 1 atom stereocenters. The van der Waals surface area contributed by atoms with Crippen LogP contribution in [-0.4, -0.2) is 28.8 Å². The number of hydrogen-bond donors (Lipinski definition) is 1. The van der Waals surface area contributed by atoms with Crippen LogP contribution in [0.5, 0.6) is 17.2 Å². The molecular formula is C21H19NO5. The number of para-hydroxylation sites is 1. The molecule has 0 saturated carbocycles. The summed E-state index contributed by atoms with van der Waals surface area (Å²) in [4.78, 5) is 15.5. The molecule has 1 aromatic heterocycles. The van der Waals surface area contributed by atoms with Crippen molar-refractivity contribution in [3.63, 3.8) is 0 Å². The first-order valence-electron chi connectivity index (χ1n) is 8.40. The fraction of sp³-hybridized carbons (Fsp3) is 0.143. The standard InChI is InChI=1S/C21H19NO5/c23-21(24)20(27-17-7-2-1-3-8-17)15-26-19-10-4-9-18(12-19)25-14-16-6-5-11-22-13-16/h1-13,20H,14-15H2,(H,23,24). The lowest BCUT2D eigenvalue weighted by Gasteiger charge is -2.16. The third kappa shape index (κ3) is 5.74. The molecule has 0 fully saturated rings. The number of ether oxygens (including phenoxy) is 3. The van der Waals surface area contributed by atoms with Gasteiger partial charge in [0.05, 0.1) is 0 Å². The quantitative estimate of drug-likeness (QED) is 0.625. The Bertz CT molecular complexity index is 855. The zero-order valence-electron chi connectivity index (χ0n) is 14.5. The fourth-order valence-electron chi connectivity index (χ4n) is 2.29. The SMILES string of the molecule is O=C(O)C(COc1cccc(OCc2cccnc2)c1)Oc1ccccc1. The Labute approximate surface area is 157 Å². The van der Waals surface area contributed by atoms with Crippen molar-refractivity contribution < 1.29 is 24.1 Å². The van der Waals surface area contributed by atoms with Gasteiger partial charge in [0.2, 0.25) is 6.10 Å². The fourth-order valence-corrected chi connectivity index (χ4v) is 2.29. The van der Waals surface area contributed by atoms with Crippen molar-refractivity contribution in [3.8, 4) is 17.2 Å². The molecular weight excluding hydrogens is 346 g/mol. The average molecular weight is 365 g/mol. The molecule has 1 unspecified atom stereocenters. The first-order chi connectivity index (χ1) is 13.2. The van der Waals surface area contributed by atoms with E-state index in [1.807, 2.05) is 18.2 Å². The highest BCUT2D eigenvalue weighted by atomic mass is 16.6. The number of aromatic nitrogens is 1. The van der Waals surface area contributed by atoms with E-state index in [2.05, 4.69) is 4.98 Å². The van der Waals surface area contributed by atoms with Crippen molar-refractivity contribution in [1.29, 1.82) is 0 Å². The van der Waals surface area contributed by atoms with E-state index in [1.54, 1.807) is 60.9 Å². The van der Waals surface area contributed by atoms with Gasteiger partial charge in [0, 0.05) is 24.0 Å². The maximum Gasteiger partial charge on any atom is 0.348 e. The number of benzene rings is 2. The van der Waals surface area contributed by atoms with Gasteiger partial charge >= 0.3 is 5.97 Å². The Balaban J connectivity index is 1.57. The van der Waals surface area contributed by atoms with E-state index >= 15 is 0 Å². The average Bonchev–Trinajstić information content (AvgIpc) is 2.71. The van der Waals surface area contributed by atoms with Crippen LogP contribution in [0.15, 0.2) is 79.1 Å². The molecule has 0 radical (unpaired) electrons. The number of carbonyl (C=O) groups is 1. The molecule has 1 heterocycles. The summed E-state index contributed by atoms with van der Waals surface area (Å²) in [5, 5.41) is 9.34. The Hall–Kier alpha value is -3.54. The number of nitrogens with zero attached hydrogens (tertiary/aromatic N) is 1. The van der Waals surface area contributed by atoms with Crippen LogP contribution in [-0.2, 0) is 11.4 Å². The second-order valence-corrected chi connectivity index (χ2v) is 5.69. The summed E-state index contributed by atoms with van der Waals surface area (Å²) in [6, 6.07) is 19.6. The zero-order valence-corrected chi connectivity index (χ0v) is 14.5. The van der Waals surface area contributed by atoms with Crippen LogP contribution in [0.3, 0.4) is 0 Å². The summed E-state index contributed by atoms with van der Waals surface area (Å²) in [5.41, 5.74) is 0.950. The Kier molecular flexibility index (Phi) is 6.25. The summed E-state index contributed by atoms with van der Waals surface area (Å²) >= 11 is 0. The van der Waals surface area contributed by atoms with Crippen LogP contribution in [0.1, 0.15) is 5.56 Å². The number of pyridine rings is 1. The lowest BCUT2D eigenvalue weighted by Crippen LogP contribution is -2.33. The number of carboxylic acids is 1. The van der Waals surface area contributed by atoms with Crippen molar-refractivity contribution in [3.05, 3.63) is 84.7 Å². The van der Waals surface area contributed by atoms with Crippen molar-refractivity contribution in [2.45, 2.75) is 12.7 Å². The minimum Gasteiger partial charge on any atom is -0.489 e. The van der Waals surface area contributed by atoms with Crippen molar-refractivity contribution >= 4 is 5.97 Å². The molecule has 1 N–H and O–H groups in total. The third-order valence-electron chi connectivity index (χ3n) is 3.63. The number of hydrogen-bond acceptors (Lipinski definition) is 5. The van der Waals surface area contributed by atoms with Gasteiger partial charge in [-0.3, -0.25) is 4.98 Å². The highest BCUT2D eigenvalue weighted by Gasteiger charge is 2.20. The van der Waals surface area contributed by atoms with Crippen LogP contribution >= 0.6 is 0 Å². The molecule has 0 spiro atoms. The molecule has 27 heavy (non-hydrogen) atoms. The third-order valence-corrected chi connectivity index (χ3v) is 3.63. The maximum absolute atomic E-state index is 11.4. The number of aliphatic carboxylic acids is 1. The summed E-state index contributed by atoms with van der Waals surface area (Å²) in [6.45, 7) is 0.252. The van der Waals surface area contributed by atoms with E-state index in [0.29, 0.717) is 23.9 Å². The molecule has 138 valence electrons. The Morgan fingerprint density at radius 1 is 0.926 bits per heavy atom. The van der Waals surface area contributed by atoms with Crippen molar-refractivity contribution in [1.82, 2.24) is 4.98 Å². The Morgan fingerprint density at radius 3 is 2.37 bits per heavy atom. The summed E-state index contributed by atoms with van der Waals surface area (Å²) in [6.07, 6.45) is 2.32. The first kappa shape index (κ1) is 18.3. The minimum atomic E-state index is -1.12. The smallest absolute Gasteiger partial charge is 0.348 e. The van der Waals surface area contributed by atoms with Crippen molar-refractivity contribution in [2.24, 2.45) is 0 Å². The van der Waals surface area contributed by atoms with Gasteiger partial charge in [-0.25, -0.2) is 4.79 Å². The van der Waals surface area contributed by atoms with Gasteiger partial charge in [0.25, 0.3) is 0 Å². The van der Waals surface area contributed by atoms with Crippen molar-refractivity contribution in [2.75, 3.05) is 6.61 Å². The van der Waals surface area contributed by atoms with Crippen LogP contribution in [0, 0.1) is 0 Å². The summed E-state index contributed by atoms with van der Waals surface area (Å²) < 4.78 is 16.8. The topological polar surface area (TPSA) is 77.9 Å². The minimum absolute atomic E-state index is 0.129. The van der Waals surface area contributed by atoms with E-state index in [0.717, 1.165) is 5.56 Å². The van der Waals surface area contributed by atoms with E-state index in [1.165, 1.54) is 0 Å². The molecule has 0 aliphatic heterocycles. The second-order valence-electron chi connectivity index (χ2n) is 5.69. The number of carboxylic acid groups (broad SMARTS) is 1.